The second-order valence-electron chi connectivity index (χ2n) is 5.26. The van der Waals surface area contributed by atoms with Crippen LogP contribution in [-0.2, 0) is 15.1 Å². The summed E-state index contributed by atoms with van der Waals surface area (Å²) in [5, 5.41) is 12.8. The number of hydrogen-bond donors (Lipinski definition) is 2. The molecule has 1 heterocycles. The van der Waals surface area contributed by atoms with E-state index in [1.807, 2.05) is 37.4 Å². The Kier molecular flexibility index (Phi) is 4.75. The normalized spacial score (nSPS) is 21.9. The smallest absolute Gasteiger partial charge is 0.329 e. The molecule has 5 nitrogen and oxygen atoms in total. The summed E-state index contributed by atoms with van der Waals surface area (Å²) >= 11 is 0. The average molecular weight is 278 g/mol. The molecule has 0 radical (unpaired) electrons. The van der Waals surface area contributed by atoms with Crippen LogP contribution in [0.15, 0.2) is 30.3 Å². The molecular weight excluding hydrogens is 256 g/mol. The van der Waals surface area contributed by atoms with E-state index < -0.39 is 11.5 Å². The molecule has 1 aromatic rings. The Bertz CT molecular complexity index is 446. The molecule has 0 aliphatic carbocycles. The maximum atomic E-state index is 11.9. The Balaban J connectivity index is 2.25. The van der Waals surface area contributed by atoms with E-state index in [9.17, 15) is 9.90 Å². The van der Waals surface area contributed by atoms with Crippen molar-refractivity contribution in [2.24, 2.45) is 0 Å². The van der Waals surface area contributed by atoms with Gasteiger partial charge in [0.25, 0.3) is 0 Å². The second kappa shape index (κ2) is 6.35. The van der Waals surface area contributed by atoms with Gasteiger partial charge in [0.05, 0.1) is 6.61 Å². The van der Waals surface area contributed by atoms with Crippen LogP contribution in [0, 0.1) is 0 Å². The first kappa shape index (κ1) is 15.0. The highest BCUT2D eigenvalue weighted by atomic mass is 16.5. The molecular formula is C15H22N2O3. The lowest BCUT2D eigenvalue weighted by Crippen LogP contribution is -2.56. The topological polar surface area (TPSA) is 61.8 Å². The zero-order valence-corrected chi connectivity index (χ0v) is 12.0. The van der Waals surface area contributed by atoms with E-state index in [1.165, 1.54) is 0 Å². The van der Waals surface area contributed by atoms with Crippen LogP contribution < -0.4 is 5.32 Å². The van der Waals surface area contributed by atoms with Gasteiger partial charge in [-0.3, -0.25) is 4.90 Å². The molecule has 1 fully saturated rings. The number of ether oxygens (including phenoxy) is 1. The number of nitrogens with zero attached hydrogens (tertiary/aromatic N) is 1. The Morgan fingerprint density at radius 2 is 2.20 bits per heavy atom. The molecule has 0 bridgehead atoms. The summed E-state index contributed by atoms with van der Waals surface area (Å²) in [4.78, 5) is 14.0. The van der Waals surface area contributed by atoms with Gasteiger partial charge in [-0.05, 0) is 26.1 Å². The first-order valence-electron chi connectivity index (χ1n) is 6.86. The van der Waals surface area contributed by atoms with E-state index in [0.29, 0.717) is 13.2 Å². The second-order valence-corrected chi connectivity index (χ2v) is 5.26. The summed E-state index contributed by atoms with van der Waals surface area (Å²) in [7, 11) is 3.65. The van der Waals surface area contributed by atoms with E-state index in [1.54, 1.807) is 7.05 Å². The maximum absolute atomic E-state index is 11.9. The van der Waals surface area contributed by atoms with Gasteiger partial charge in [0, 0.05) is 19.2 Å². The van der Waals surface area contributed by atoms with E-state index in [2.05, 4.69) is 10.2 Å². The molecule has 0 amide bonds. The highest BCUT2D eigenvalue weighted by Crippen LogP contribution is 2.24. The van der Waals surface area contributed by atoms with E-state index >= 15 is 0 Å². The highest BCUT2D eigenvalue weighted by molar-refractivity contribution is 5.81. The van der Waals surface area contributed by atoms with Gasteiger partial charge in [-0.15, -0.1) is 0 Å². The number of carboxylic acid groups (broad SMARTS) is 1. The zero-order chi connectivity index (χ0) is 14.6. The minimum atomic E-state index is -1.10. The highest BCUT2D eigenvalue weighted by Gasteiger charge is 2.41. The van der Waals surface area contributed by atoms with Gasteiger partial charge in [0.15, 0.2) is 5.54 Å². The largest absolute Gasteiger partial charge is 0.480 e. The van der Waals surface area contributed by atoms with Crippen molar-refractivity contribution < 1.29 is 14.6 Å². The van der Waals surface area contributed by atoms with Crippen molar-refractivity contribution in [2.45, 2.75) is 18.0 Å². The Morgan fingerprint density at radius 1 is 1.50 bits per heavy atom. The Morgan fingerprint density at radius 3 is 2.70 bits per heavy atom. The summed E-state index contributed by atoms with van der Waals surface area (Å²) in [6.07, 6.45) is 0.949. The van der Waals surface area contributed by atoms with Gasteiger partial charge in [-0.2, -0.15) is 0 Å². The van der Waals surface area contributed by atoms with Gasteiger partial charge < -0.3 is 15.2 Å². The van der Waals surface area contributed by atoms with Crippen LogP contribution >= 0.6 is 0 Å². The summed E-state index contributed by atoms with van der Waals surface area (Å²) in [6.45, 7) is 1.82. The molecule has 2 atom stereocenters. The van der Waals surface area contributed by atoms with Gasteiger partial charge in [0.1, 0.15) is 0 Å². The van der Waals surface area contributed by atoms with Crippen LogP contribution in [0.25, 0.3) is 0 Å². The quantitative estimate of drug-likeness (QED) is 0.810. The predicted octanol–water partition coefficient (Wildman–Crippen LogP) is 0.907. The van der Waals surface area contributed by atoms with Crippen molar-refractivity contribution in [3.05, 3.63) is 35.9 Å². The number of hydrogen-bond acceptors (Lipinski definition) is 4. The third kappa shape index (κ3) is 2.85. The molecule has 2 N–H and O–H groups in total. The van der Waals surface area contributed by atoms with Crippen LogP contribution in [0.2, 0.25) is 0 Å². The molecule has 5 heteroatoms. The monoisotopic (exact) mass is 278 g/mol. The molecule has 20 heavy (non-hydrogen) atoms. The minimum absolute atomic E-state index is 0.283. The number of likely N-dealkylation sites (N-methyl/N-ethyl adjacent to an activating group) is 2. The van der Waals surface area contributed by atoms with Crippen LogP contribution in [-0.4, -0.2) is 55.9 Å². The first-order valence-corrected chi connectivity index (χ1v) is 6.86. The lowest BCUT2D eigenvalue weighted by molar-refractivity contribution is -0.146. The van der Waals surface area contributed by atoms with Crippen molar-refractivity contribution >= 4 is 5.97 Å². The predicted molar refractivity (Wildman–Crippen MR) is 76.7 cm³/mol. The molecule has 0 saturated carbocycles. The van der Waals surface area contributed by atoms with Gasteiger partial charge in [-0.25, -0.2) is 4.79 Å². The van der Waals surface area contributed by atoms with Crippen LogP contribution in [0.3, 0.4) is 0 Å². The molecule has 1 aliphatic rings. The third-order valence-electron chi connectivity index (χ3n) is 4.07. The lowest BCUT2D eigenvalue weighted by atomic mass is 9.89. The van der Waals surface area contributed by atoms with Gasteiger partial charge in [-0.1, -0.05) is 30.3 Å². The van der Waals surface area contributed by atoms with Gasteiger partial charge in [0.2, 0.25) is 0 Å². The summed E-state index contributed by atoms with van der Waals surface area (Å²) in [5.74, 6) is -0.864. The van der Waals surface area contributed by atoms with Crippen molar-refractivity contribution in [2.75, 3.05) is 33.9 Å². The molecule has 0 spiro atoms. The lowest BCUT2D eigenvalue weighted by Gasteiger charge is -2.35. The third-order valence-corrected chi connectivity index (χ3v) is 4.07. The van der Waals surface area contributed by atoms with E-state index in [-0.39, 0.29) is 6.04 Å². The Hall–Kier alpha value is -1.43. The molecule has 1 aromatic carbocycles. The first-order chi connectivity index (χ1) is 9.60. The fourth-order valence-electron chi connectivity index (χ4n) is 2.71. The number of nitrogens with one attached hydrogen (secondary N) is 1. The number of aliphatic carboxylic acids is 1. The zero-order valence-electron chi connectivity index (χ0n) is 12.0. The molecule has 2 rings (SSSR count). The SMILES string of the molecule is CNC(CN(C)C1CCOC1)(C(=O)O)c1ccccc1. The molecule has 0 aromatic heterocycles. The number of rotatable bonds is 6. The van der Waals surface area contributed by atoms with Crippen molar-refractivity contribution in [3.8, 4) is 0 Å². The fraction of sp³-hybridized carbons (Fsp3) is 0.533. The molecule has 1 aliphatic heterocycles. The van der Waals surface area contributed by atoms with Crippen LogP contribution in [0.5, 0.6) is 0 Å². The maximum Gasteiger partial charge on any atom is 0.329 e. The summed E-state index contributed by atoms with van der Waals surface area (Å²) < 4.78 is 5.38. The molecule has 2 unspecified atom stereocenters. The van der Waals surface area contributed by atoms with E-state index in [0.717, 1.165) is 18.6 Å². The number of benzene rings is 1. The number of carbonyl (C=O) groups is 1. The summed E-state index contributed by atoms with van der Waals surface area (Å²) in [6, 6.07) is 9.60. The minimum Gasteiger partial charge on any atom is -0.480 e. The number of carboxylic acids is 1. The van der Waals surface area contributed by atoms with Gasteiger partial charge >= 0.3 is 5.97 Å². The summed E-state index contributed by atoms with van der Waals surface area (Å²) in [5.41, 5.74) is -0.334. The fourth-order valence-corrected chi connectivity index (χ4v) is 2.71. The molecule has 1 saturated heterocycles. The van der Waals surface area contributed by atoms with Crippen molar-refractivity contribution in [1.82, 2.24) is 10.2 Å². The van der Waals surface area contributed by atoms with Crippen molar-refractivity contribution in [3.63, 3.8) is 0 Å². The average Bonchev–Trinajstić information content (AvgIpc) is 2.99. The van der Waals surface area contributed by atoms with Crippen molar-refractivity contribution in [1.29, 1.82) is 0 Å². The Labute approximate surface area is 119 Å². The molecule has 110 valence electrons. The van der Waals surface area contributed by atoms with E-state index in [4.69, 9.17) is 4.74 Å². The van der Waals surface area contributed by atoms with Crippen LogP contribution in [0.4, 0.5) is 0 Å². The van der Waals surface area contributed by atoms with Crippen LogP contribution in [0.1, 0.15) is 12.0 Å². The standard InChI is InChI=1S/C15H22N2O3/c1-16-15(14(18)19,12-6-4-3-5-7-12)11-17(2)13-8-9-20-10-13/h3-7,13,16H,8-11H2,1-2H3,(H,18,19).